The minimum Gasteiger partial charge on any atom is -0.390 e. The van der Waals surface area contributed by atoms with E-state index in [9.17, 15) is 5.11 Å². The van der Waals surface area contributed by atoms with Crippen molar-refractivity contribution in [3.8, 4) is 0 Å². The molecule has 3 N–H and O–H groups in total. The van der Waals surface area contributed by atoms with E-state index in [1.165, 1.54) is 0 Å². The van der Waals surface area contributed by atoms with Crippen LogP contribution in [-0.2, 0) is 4.74 Å². The van der Waals surface area contributed by atoms with Crippen LogP contribution in [0.25, 0.3) is 0 Å². The lowest BCUT2D eigenvalue weighted by Gasteiger charge is -2.25. The molecular formula is C7H13NO2. The molecule has 2 rings (SSSR count). The molecule has 3 atom stereocenters. The number of aliphatic hydroxyl groups is 1. The lowest BCUT2D eigenvalue weighted by atomic mass is 9.88. The quantitative estimate of drug-likeness (QED) is 0.519. The Labute approximate surface area is 60.2 Å². The fraction of sp³-hybridized carbons (Fsp3) is 1.00. The summed E-state index contributed by atoms with van der Waals surface area (Å²) in [6, 6.07) is 0. The van der Waals surface area contributed by atoms with Crippen LogP contribution in [0, 0.1) is 5.41 Å². The summed E-state index contributed by atoms with van der Waals surface area (Å²) in [5, 5.41) is 9.34. The second-order valence-electron chi connectivity index (χ2n) is 3.53. The molecule has 10 heavy (non-hydrogen) atoms. The molecule has 3 heteroatoms. The van der Waals surface area contributed by atoms with E-state index in [1.807, 2.05) is 0 Å². The fourth-order valence-electron chi connectivity index (χ4n) is 2.02. The lowest BCUT2D eigenvalue weighted by Crippen LogP contribution is -2.34. The molecule has 0 aromatic carbocycles. The van der Waals surface area contributed by atoms with Crippen LogP contribution in [0.15, 0.2) is 0 Å². The number of ether oxygens (including phenoxy) is 1. The Morgan fingerprint density at radius 1 is 1.60 bits per heavy atom. The highest BCUT2D eigenvalue weighted by molar-refractivity contribution is 5.00. The van der Waals surface area contributed by atoms with Crippen molar-refractivity contribution in [2.24, 2.45) is 11.1 Å². The third-order valence-corrected chi connectivity index (χ3v) is 2.74. The van der Waals surface area contributed by atoms with Crippen LogP contribution in [0.2, 0.25) is 0 Å². The van der Waals surface area contributed by atoms with Crippen LogP contribution >= 0.6 is 0 Å². The van der Waals surface area contributed by atoms with Gasteiger partial charge in [-0.25, -0.2) is 0 Å². The summed E-state index contributed by atoms with van der Waals surface area (Å²) in [5.41, 5.74) is 5.71. The molecule has 2 bridgehead atoms. The zero-order valence-corrected chi connectivity index (χ0v) is 5.92. The van der Waals surface area contributed by atoms with Gasteiger partial charge in [0.25, 0.3) is 0 Å². The number of aliphatic hydroxyl groups excluding tert-OH is 1. The van der Waals surface area contributed by atoms with Gasteiger partial charge in [-0.1, -0.05) is 0 Å². The molecule has 2 fully saturated rings. The molecule has 3 nitrogen and oxygen atoms in total. The van der Waals surface area contributed by atoms with Crippen molar-refractivity contribution in [1.29, 1.82) is 0 Å². The van der Waals surface area contributed by atoms with Gasteiger partial charge in [0.05, 0.1) is 18.8 Å². The standard InChI is InChI=1S/C7H13NO2/c8-3-7-1-5(9)6(2-7)10-4-7/h5-6,9H,1-4,8H2/t5?,6?,7-/m1/s1. The van der Waals surface area contributed by atoms with Crippen LogP contribution in [0.4, 0.5) is 0 Å². The SMILES string of the molecule is NC[C@]12COC(C1)C(O)C2. The third kappa shape index (κ3) is 0.713. The molecule has 0 spiro atoms. The van der Waals surface area contributed by atoms with E-state index in [4.69, 9.17) is 10.5 Å². The average molecular weight is 143 g/mol. The Morgan fingerprint density at radius 2 is 2.40 bits per heavy atom. The smallest absolute Gasteiger partial charge is 0.0841 e. The van der Waals surface area contributed by atoms with Crippen molar-refractivity contribution < 1.29 is 9.84 Å². The summed E-state index contributed by atoms with van der Waals surface area (Å²) in [6.45, 7) is 1.41. The second-order valence-corrected chi connectivity index (χ2v) is 3.53. The highest BCUT2D eigenvalue weighted by atomic mass is 16.5. The van der Waals surface area contributed by atoms with Crippen molar-refractivity contribution in [2.45, 2.75) is 25.0 Å². The summed E-state index contributed by atoms with van der Waals surface area (Å²) in [6.07, 6.45) is 1.64. The molecule has 0 aromatic rings. The van der Waals surface area contributed by atoms with Gasteiger partial charge in [-0.05, 0) is 12.8 Å². The summed E-state index contributed by atoms with van der Waals surface area (Å²) in [4.78, 5) is 0. The first-order chi connectivity index (χ1) is 4.76. The molecule has 1 saturated heterocycles. The van der Waals surface area contributed by atoms with Crippen LogP contribution in [0.5, 0.6) is 0 Å². The normalized spacial score (nSPS) is 52.2. The number of hydrogen-bond donors (Lipinski definition) is 2. The van der Waals surface area contributed by atoms with Crippen molar-refractivity contribution in [3.63, 3.8) is 0 Å². The first-order valence-corrected chi connectivity index (χ1v) is 3.75. The molecule has 0 amide bonds. The fourth-order valence-corrected chi connectivity index (χ4v) is 2.02. The topological polar surface area (TPSA) is 55.5 Å². The predicted octanol–water partition coefficient (Wildman–Crippen LogP) is -0.515. The molecule has 2 aliphatic rings. The number of rotatable bonds is 1. The Bertz CT molecular complexity index is 147. The molecular weight excluding hydrogens is 130 g/mol. The van der Waals surface area contributed by atoms with Crippen molar-refractivity contribution >= 4 is 0 Å². The minimum absolute atomic E-state index is 0.0866. The summed E-state index contributed by atoms with van der Waals surface area (Å²) in [5.74, 6) is 0. The number of nitrogens with two attached hydrogens (primary N) is 1. The monoisotopic (exact) mass is 143 g/mol. The Morgan fingerprint density at radius 3 is 2.70 bits per heavy atom. The number of fused-ring (bicyclic) bond motifs is 2. The largest absolute Gasteiger partial charge is 0.390 e. The molecule has 2 unspecified atom stereocenters. The van der Waals surface area contributed by atoms with E-state index in [1.54, 1.807) is 0 Å². The molecule has 1 heterocycles. The average Bonchev–Trinajstić information content (AvgIpc) is 2.45. The third-order valence-electron chi connectivity index (χ3n) is 2.74. The second kappa shape index (κ2) is 1.94. The lowest BCUT2D eigenvalue weighted by molar-refractivity contribution is -0.0395. The predicted molar refractivity (Wildman–Crippen MR) is 36.5 cm³/mol. The van der Waals surface area contributed by atoms with Crippen LogP contribution in [0.3, 0.4) is 0 Å². The van der Waals surface area contributed by atoms with Crippen LogP contribution in [-0.4, -0.2) is 30.5 Å². The maximum Gasteiger partial charge on any atom is 0.0841 e. The van der Waals surface area contributed by atoms with Gasteiger partial charge in [-0.15, -0.1) is 0 Å². The van der Waals surface area contributed by atoms with Gasteiger partial charge in [0.15, 0.2) is 0 Å². The maximum atomic E-state index is 9.34. The first kappa shape index (κ1) is 6.58. The Balaban J connectivity index is 2.14. The van der Waals surface area contributed by atoms with E-state index >= 15 is 0 Å². The molecule has 0 aromatic heterocycles. The molecule has 0 radical (unpaired) electrons. The molecule has 1 saturated carbocycles. The van der Waals surface area contributed by atoms with E-state index < -0.39 is 0 Å². The van der Waals surface area contributed by atoms with Crippen LogP contribution < -0.4 is 5.73 Å². The summed E-state index contributed by atoms with van der Waals surface area (Å²) < 4.78 is 5.33. The summed E-state index contributed by atoms with van der Waals surface area (Å²) in [7, 11) is 0. The van der Waals surface area contributed by atoms with Crippen LogP contribution in [0.1, 0.15) is 12.8 Å². The highest BCUT2D eigenvalue weighted by Crippen LogP contribution is 2.45. The van der Waals surface area contributed by atoms with Crippen molar-refractivity contribution in [1.82, 2.24) is 0 Å². The van der Waals surface area contributed by atoms with Gasteiger partial charge in [0, 0.05) is 12.0 Å². The zero-order chi connectivity index (χ0) is 7.19. The van der Waals surface area contributed by atoms with E-state index in [2.05, 4.69) is 0 Å². The Kier molecular flexibility index (Phi) is 1.27. The summed E-state index contributed by atoms with van der Waals surface area (Å²) >= 11 is 0. The van der Waals surface area contributed by atoms with Gasteiger partial charge >= 0.3 is 0 Å². The maximum absolute atomic E-state index is 9.34. The van der Waals surface area contributed by atoms with Gasteiger partial charge in [0.1, 0.15) is 0 Å². The van der Waals surface area contributed by atoms with Gasteiger partial charge < -0.3 is 15.6 Å². The molecule has 58 valence electrons. The molecule has 1 aliphatic heterocycles. The molecule has 1 aliphatic carbocycles. The zero-order valence-electron chi connectivity index (χ0n) is 5.92. The number of hydrogen-bond acceptors (Lipinski definition) is 3. The van der Waals surface area contributed by atoms with E-state index in [0.29, 0.717) is 6.54 Å². The van der Waals surface area contributed by atoms with Gasteiger partial charge in [0.2, 0.25) is 0 Å². The van der Waals surface area contributed by atoms with Gasteiger partial charge in [-0.3, -0.25) is 0 Å². The van der Waals surface area contributed by atoms with E-state index in [0.717, 1.165) is 19.4 Å². The van der Waals surface area contributed by atoms with E-state index in [-0.39, 0.29) is 17.6 Å². The minimum atomic E-state index is -0.253. The van der Waals surface area contributed by atoms with Gasteiger partial charge in [-0.2, -0.15) is 0 Å². The van der Waals surface area contributed by atoms with Crippen molar-refractivity contribution in [3.05, 3.63) is 0 Å². The first-order valence-electron chi connectivity index (χ1n) is 3.75. The highest BCUT2D eigenvalue weighted by Gasteiger charge is 2.50. The Hall–Kier alpha value is -0.120. The van der Waals surface area contributed by atoms with Crippen molar-refractivity contribution in [2.75, 3.05) is 13.2 Å².